The molecule has 0 saturated carbocycles. The number of benzene rings is 2. The van der Waals surface area contributed by atoms with Crippen molar-refractivity contribution in [2.75, 3.05) is 7.11 Å². The van der Waals surface area contributed by atoms with E-state index in [9.17, 15) is 4.91 Å². The van der Waals surface area contributed by atoms with Gasteiger partial charge in [-0.05, 0) is 10.7 Å². The minimum Gasteiger partial charge on any atom is -0.493 e. The van der Waals surface area contributed by atoms with E-state index in [2.05, 4.69) is 5.18 Å². The molecule has 20 heavy (non-hydrogen) atoms. The number of nitriles is 1. The van der Waals surface area contributed by atoms with Gasteiger partial charge in [-0.25, -0.2) is 0 Å². The van der Waals surface area contributed by atoms with Crippen molar-refractivity contribution in [1.29, 1.82) is 5.26 Å². The number of hydrogen-bond donors (Lipinski definition) is 0. The quantitative estimate of drug-likeness (QED) is 0.777. The maximum Gasteiger partial charge on any atom is 0.163 e. The van der Waals surface area contributed by atoms with Crippen molar-refractivity contribution in [2.24, 2.45) is 5.18 Å². The predicted molar refractivity (Wildman–Crippen MR) is 73.9 cm³/mol. The van der Waals surface area contributed by atoms with Crippen molar-refractivity contribution in [2.45, 2.75) is 6.61 Å². The minimum absolute atomic E-state index is 0.0383. The normalized spacial score (nSPS) is 9.60. The summed E-state index contributed by atoms with van der Waals surface area (Å²) >= 11 is 0. The highest BCUT2D eigenvalue weighted by molar-refractivity contribution is 5.61. The SMILES string of the molecule is COc1cc(N=O)c(C#N)cc1OCc1ccccc1. The third-order valence-electron chi connectivity index (χ3n) is 2.74. The van der Waals surface area contributed by atoms with Crippen LogP contribution in [0.2, 0.25) is 0 Å². The highest BCUT2D eigenvalue weighted by atomic mass is 16.5. The van der Waals surface area contributed by atoms with Gasteiger partial charge in [0, 0.05) is 12.1 Å². The zero-order valence-electron chi connectivity index (χ0n) is 10.9. The van der Waals surface area contributed by atoms with Crippen molar-refractivity contribution >= 4 is 5.69 Å². The van der Waals surface area contributed by atoms with Crippen molar-refractivity contribution in [1.82, 2.24) is 0 Å². The number of rotatable bonds is 5. The minimum atomic E-state index is 0.0383. The van der Waals surface area contributed by atoms with Crippen LogP contribution in [0.1, 0.15) is 11.1 Å². The first-order valence-electron chi connectivity index (χ1n) is 5.90. The van der Waals surface area contributed by atoms with Gasteiger partial charge in [-0.3, -0.25) is 0 Å². The molecule has 100 valence electrons. The monoisotopic (exact) mass is 268 g/mol. The molecule has 0 spiro atoms. The van der Waals surface area contributed by atoms with E-state index in [1.807, 2.05) is 36.4 Å². The molecule has 0 bridgehead atoms. The summed E-state index contributed by atoms with van der Waals surface area (Å²) in [6.45, 7) is 0.343. The lowest BCUT2D eigenvalue weighted by atomic mass is 10.1. The molecule has 0 N–H and O–H groups in total. The Morgan fingerprint density at radius 1 is 1.20 bits per heavy atom. The second kappa shape index (κ2) is 6.34. The second-order valence-corrected chi connectivity index (χ2v) is 4.00. The van der Waals surface area contributed by atoms with Gasteiger partial charge in [-0.2, -0.15) is 5.26 Å². The summed E-state index contributed by atoms with van der Waals surface area (Å²) in [4.78, 5) is 10.6. The summed E-state index contributed by atoms with van der Waals surface area (Å²) in [6.07, 6.45) is 0. The Labute approximate surface area is 116 Å². The number of nitroso groups, excluding NO2 is 1. The summed E-state index contributed by atoms with van der Waals surface area (Å²) in [5, 5.41) is 11.8. The lowest BCUT2D eigenvalue weighted by molar-refractivity contribution is 0.284. The van der Waals surface area contributed by atoms with Gasteiger partial charge in [0.15, 0.2) is 11.5 Å². The molecule has 0 amide bonds. The Balaban J connectivity index is 2.27. The maximum atomic E-state index is 10.6. The fourth-order valence-electron chi connectivity index (χ4n) is 1.72. The molecule has 0 saturated heterocycles. The molecule has 0 radical (unpaired) electrons. The summed E-state index contributed by atoms with van der Waals surface area (Å²) in [5.41, 5.74) is 1.19. The van der Waals surface area contributed by atoms with Gasteiger partial charge in [0.1, 0.15) is 18.4 Å². The number of methoxy groups -OCH3 is 1. The van der Waals surface area contributed by atoms with Gasteiger partial charge < -0.3 is 9.47 Å². The van der Waals surface area contributed by atoms with Gasteiger partial charge in [0.2, 0.25) is 0 Å². The van der Waals surface area contributed by atoms with E-state index in [4.69, 9.17) is 14.7 Å². The van der Waals surface area contributed by atoms with Crippen molar-refractivity contribution in [3.05, 3.63) is 58.5 Å². The van der Waals surface area contributed by atoms with Gasteiger partial charge >= 0.3 is 0 Å². The first-order valence-corrected chi connectivity index (χ1v) is 5.90. The standard InChI is InChI=1S/C15H12N2O3/c1-19-14-8-13(17-18)12(9-16)7-15(14)20-10-11-5-3-2-4-6-11/h2-8H,10H2,1H3. The molecule has 0 atom stereocenters. The average molecular weight is 268 g/mol. The first kappa shape index (κ1) is 13.6. The highest BCUT2D eigenvalue weighted by Crippen LogP contribution is 2.35. The zero-order chi connectivity index (χ0) is 14.4. The van der Waals surface area contributed by atoms with Crippen LogP contribution in [0, 0.1) is 16.2 Å². The van der Waals surface area contributed by atoms with E-state index in [-0.39, 0.29) is 11.3 Å². The molecule has 0 aliphatic heterocycles. The van der Waals surface area contributed by atoms with E-state index < -0.39 is 0 Å². The van der Waals surface area contributed by atoms with E-state index in [0.717, 1.165) is 5.56 Å². The predicted octanol–water partition coefficient (Wildman–Crippen LogP) is 3.54. The smallest absolute Gasteiger partial charge is 0.163 e. The number of hydrogen-bond acceptors (Lipinski definition) is 5. The second-order valence-electron chi connectivity index (χ2n) is 4.00. The van der Waals surface area contributed by atoms with Crippen LogP contribution in [0.5, 0.6) is 11.5 Å². The molecule has 0 aromatic heterocycles. The third-order valence-corrected chi connectivity index (χ3v) is 2.74. The number of nitrogens with zero attached hydrogens (tertiary/aromatic N) is 2. The summed E-state index contributed by atoms with van der Waals surface area (Å²) in [7, 11) is 1.46. The molecule has 2 rings (SSSR count). The molecular weight excluding hydrogens is 256 g/mol. The summed E-state index contributed by atoms with van der Waals surface area (Å²) < 4.78 is 10.8. The van der Waals surface area contributed by atoms with E-state index in [1.54, 1.807) is 0 Å². The van der Waals surface area contributed by atoms with Crippen LogP contribution in [-0.2, 0) is 6.61 Å². The Hall–Kier alpha value is -2.87. The molecule has 2 aromatic carbocycles. The van der Waals surface area contributed by atoms with Gasteiger partial charge in [-0.1, -0.05) is 30.3 Å². The topological polar surface area (TPSA) is 71.7 Å². The molecular formula is C15H12N2O3. The van der Waals surface area contributed by atoms with E-state index >= 15 is 0 Å². The largest absolute Gasteiger partial charge is 0.493 e. The molecule has 0 heterocycles. The van der Waals surface area contributed by atoms with Crippen LogP contribution in [0.15, 0.2) is 47.6 Å². The summed E-state index contributed by atoms with van der Waals surface area (Å²) in [5.74, 6) is 0.773. The molecule has 0 unspecified atom stereocenters. The van der Waals surface area contributed by atoms with Gasteiger partial charge in [0.25, 0.3) is 0 Å². The Morgan fingerprint density at radius 2 is 1.95 bits per heavy atom. The van der Waals surface area contributed by atoms with Crippen molar-refractivity contribution < 1.29 is 9.47 Å². The van der Waals surface area contributed by atoms with Gasteiger partial charge in [0.05, 0.1) is 12.7 Å². The lowest BCUT2D eigenvalue weighted by Gasteiger charge is -2.11. The van der Waals surface area contributed by atoms with Crippen LogP contribution in [0.4, 0.5) is 5.69 Å². The van der Waals surface area contributed by atoms with Crippen molar-refractivity contribution in [3.8, 4) is 17.6 Å². The van der Waals surface area contributed by atoms with Crippen molar-refractivity contribution in [3.63, 3.8) is 0 Å². The Morgan fingerprint density at radius 3 is 2.55 bits per heavy atom. The Bertz CT molecular complexity index is 648. The summed E-state index contributed by atoms with van der Waals surface area (Å²) in [6, 6.07) is 14.4. The van der Waals surface area contributed by atoms with E-state index in [0.29, 0.717) is 18.1 Å². The van der Waals surface area contributed by atoms with Gasteiger partial charge in [-0.15, -0.1) is 4.91 Å². The van der Waals surface area contributed by atoms with E-state index in [1.165, 1.54) is 19.2 Å². The molecule has 5 nitrogen and oxygen atoms in total. The van der Waals surface area contributed by atoms with Crippen LogP contribution in [-0.4, -0.2) is 7.11 Å². The molecule has 0 aliphatic rings. The third kappa shape index (κ3) is 2.93. The average Bonchev–Trinajstić information content (AvgIpc) is 2.52. The molecule has 0 fully saturated rings. The maximum absolute atomic E-state index is 10.6. The molecule has 2 aromatic rings. The fourth-order valence-corrected chi connectivity index (χ4v) is 1.72. The van der Waals surface area contributed by atoms with Crippen LogP contribution < -0.4 is 9.47 Å². The first-order chi connectivity index (χ1) is 9.78. The molecule has 0 aliphatic carbocycles. The van der Waals surface area contributed by atoms with Crippen LogP contribution in [0.3, 0.4) is 0 Å². The van der Waals surface area contributed by atoms with Crippen LogP contribution >= 0.6 is 0 Å². The zero-order valence-corrected chi connectivity index (χ0v) is 10.9. The van der Waals surface area contributed by atoms with Crippen LogP contribution in [0.25, 0.3) is 0 Å². The lowest BCUT2D eigenvalue weighted by Crippen LogP contribution is -1.98. The fraction of sp³-hybridized carbons (Fsp3) is 0.133. The number of ether oxygens (including phenoxy) is 2. The Kier molecular flexibility index (Phi) is 4.30. The molecule has 5 heteroatoms. The highest BCUT2D eigenvalue weighted by Gasteiger charge is 2.12.